The topological polar surface area (TPSA) is 73.0 Å². The van der Waals surface area contributed by atoms with E-state index in [4.69, 9.17) is 5.10 Å². The SMILES string of the molecule is Cc1ccc(CN2CC[C@@]3(CCn4c3nn(Cc3csc(C)n3)c(=O)c4=O)C2)s1. The van der Waals surface area contributed by atoms with Crippen LogP contribution in [0.4, 0.5) is 0 Å². The highest BCUT2D eigenvalue weighted by molar-refractivity contribution is 7.11. The third kappa shape index (κ3) is 3.31. The minimum Gasteiger partial charge on any atom is -0.297 e. The van der Waals surface area contributed by atoms with E-state index >= 15 is 0 Å². The smallest absolute Gasteiger partial charge is 0.297 e. The first-order valence-corrected chi connectivity index (χ1v) is 11.5. The minimum atomic E-state index is -0.555. The van der Waals surface area contributed by atoms with Crippen molar-refractivity contribution in [2.24, 2.45) is 0 Å². The van der Waals surface area contributed by atoms with Crippen LogP contribution in [0.1, 0.15) is 39.1 Å². The number of aromatic nitrogens is 4. The lowest BCUT2D eigenvalue weighted by Crippen LogP contribution is -2.45. The van der Waals surface area contributed by atoms with Crippen LogP contribution in [-0.2, 0) is 25.0 Å². The van der Waals surface area contributed by atoms with Gasteiger partial charge in [-0.3, -0.25) is 19.1 Å². The van der Waals surface area contributed by atoms with Crippen molar-refractivity contribution >= 4 is 22.7 Å². The Bertz CT molecular complexity index is 1190. The highest BCUT2D eigenvalue weighted by atomic mass is 32.1. The van der Waals surface area contributed by atoms with Gasteiger partial charge in [-0.1, -0.05) is 0 Å². The summed E-state index contributed by atoms with van der Waals surface area (Å²) in [6.07, 6.45) is 1.84. The molecule has 0 N–H and O–H groups in total. The van der Waals surface area contributed by atoms with Crippen LogP contribution in [0.2, 0.25) is 0 Å². The maximum atomic E-state index is 12.8. The molecular formula is C20H23N5O2S2. The Morgan fingerprint density at radius 3 is 2.66 bits per heavy atom. The molecule has 152 valence electrons. The van der Waals surface area contributed by atoms with E-state index in [1.165, 1.54) is 25.8 Å². The zero-order valence-corrected chi connectivity index (χ0v) is 18.2. The fourth-order valence-corrected chi connectivity index (χ4v) is 6.12. The van der Waals surface area contributed by atoms with E-state index in [1.807, 2.05) is 23.6 Å². The van der Waals surface area contributed by atoms with E-state index < -0.39 is 11.1 Å². The number of thiophene rings is 1. The van der Waals surface area contributed by atoms with Gasteiger partial charge in [0.1, 0.15) is 5.82 Å². The molecule has 9 heteroatoms. The van der Waals surface area contributed by atoms with E-state index in [-0.39, 0.29) is 12.0 Å². The molecule has 0 aliphatic carbocycles. The fraction of sp³-hybridized carbons (Fsp3) is 0.500. The van der Waals surface area contributed by atoms with Gasteiger partial charge in [0, 0.05) is 40.2 Å². The molecule has 7 nitrogen and oxygen atoms in total. The maximum absolute atomic E-state index is 12.8. The van der Waals surface area contributed by atoms with Crippen LogP contribution >= 0.6 is 22.7 Å². The Balaban J connectivity index is 1.45. The van der Waals surface area contributed by atoms with Crippen molar-refractivity contribution < 1.29 is 0 Å². The summed E-state index contributed by atoms with van der Waals surface area (Å²) in [6, 6.07) is 4.36. The molecule has 0 bridgehead atoms. The van der Waals surface area contributed by atoms with Gasteiger partial charge in [-0.2, -0.15) is 5.10 Å². The van der Waals surface area contributed by atoms with Gasteiger partial charge in [0.25, 0.3) is 0 Å². The van der Waals surface area contributed by atoms with Crippen molar-refractivity contribution in [1.29, 1.82) is 0 Å². The second kappa shape index (κ2) is 7.00. The number of hydrogen-bond acceptors (Lipinski definition) is 7. The molecular weight excluding hydrogens is 406 g/mol. The summed E-state index contributed by atoms with van der Waals surface area (Å²) in [5.74, 6) is 0.777. The Kier molecular flexibility index (Phi) is 4.56. The molecule has 0 unspecified atom stereocenters. The molecule has 0 amide bonds. The largest absolute Gasteiger partial charge is 0.332 e. The zero-order valence-electron chi connectivity index (χ0n) is 16.6. The van der Waals surface area contributed by atoms with Crippen molar-refractivity contribution in [2.45, 2.75) is 51.7 Å². The molecule has 5 heterocycles. The van der Waals surface area contributed by atoms with Gasteiger partial charge < -0.3 is 0 Å². The van der Waals surface area contributed by atoms with Gasteiger partial charge in [-0.15, -0.1) is 22.7 Å². The first-order valence-electron chi connectivity index (χ1n) is 9.85. The second-order valence-electron chi connectivity index (χ2n) is 8.10. The van der Waals surface area contributed by atoms with Crippen molar-refractivity contribution in [1.82, 2.24) is 24.2 Å². The van der Waals surface area contributed by atoms with E-state index in [9.17, 15) is 9.59 Å². The normalized spacial score (nSPS) is 21.3. The number of thiazole rings is 1. The quantitative estimate of drug-likeness (QED) is 0.594. The van der Waals surface area contributed by atoms with E-state index in [0.717, 1.165) is 49.0 Å². The van der Waals surface area contributed by atoms with Gasteiger partial charge in [-0.05, 0) is 45.4 Å². The molecule has 0 saturated carbocycles. The standard InChI is InChI=1S/C20H23N5O2S2/c1-13-3-4-16(29-13)10-23-7-5-20(12-23)6-8-24-17(26)18(27)25(22-19(20)24)9-15-11-28-14(2)21-15/h3-4,11H,5-10,12H2,1-2H3/t20-/m1/s1. The number of likely N-dealkylation sites (tertiary alicyclic amines) is 1. The lowest BCUT2D eigenvalue weighted by Gasteiger charge is -2.23. The van der Waals surface area contributed by atoms with Gasteiger partial charge >= 0.3 is 11.1 Å². The predicted molar refractivity (Wildman–Crippen MR) is 114 cm³/mol. The van der Waals surface area contributed by atoms with Crippen molar-refractivity contribution in [3.8, 4) is 0 Å². The highest BCUT2D eigenvalue weighted by Crippen LogP contribution is 2.41. The van der Waals surface area contributed by atoms with Crippen molar-refractivity contribution in [2.75, 3.05) is 13.1 Å². The molecule has 1 fully saturated rings. The summed E-state index contributed by atoms with van der Waals surface area (Å²) >= 11 is 3.37. The van der Waals surface area contributed by atoms with Crippen molar-refractivity contribution in [3.05, 3.63) is 64.5 Å². The van der Waals surface area contributed by atoms with Gasteiger partial charge in [0.15, 0.2) is 0 Å². The number of hydrogen-bond donors (Lipinski definition) is 0. The molecule has 2 aliphatic heterocycles. The second-order valence-corrected chi connectivity index (χ2v) is 10.5. The molecule has 2 aliphatic rings. The zero-order chi connectivity index (χ0) is 20.2. The molecule has 1 spiro atoms. The van der Waals surface area contributed by atoms with E-state index in [2.05, 4.69) is 28.9 Å². The lowest BCUT2D eigenvalue weighted by atomic mass is 9.85. The first kappa shape index (κ1) is 18.9. The van der Waals surface area contributed by atoms with Crippen LogP contribution in [0.15, 0.2) is 27.1 Å². The average molecular weight is 430 g/mol. The van der Waals surface area contributed by atoms with Crippen LogP contribution in [0.5, 0.6) is 0 Å². The number of nitrogens with zero attached hydrogens (tertiary/aromatic N) is 5. The molecule has 29 heavy (non-hydrogen) atoms. The molecule has 0 radical (unpaired) electrons. The monoisotopic (exact) mass is 429 g/mol. The van der Waals surface area contributed by atoms with Crippen LogP contribution in [0.25, 0.3) is 0 Å². The lowest BCUT2D eigenvalue weighted by molar-refractivity contribution is 0.300. The first-order chi connectivity index (χ1) is 13.9. The van der Waals surface area contributed by atoms with E-state index in [1.54, 1.807) is 4.57 Å². The third-order valence-electron chi connectivity index (χ3n) is 6.01. The van der Waals surface area contributed by atoms with Gasteiger partial charge in [0.05, 0.1) is 17.2 Å². The van der Waals surface area contributed by atoms with Crippen LogP contribution in [-0.4, -0.2) is 37.3 Å². The molecule has 1 atom stereocenters. The average Bonchev–Trinajstić information content (AvgIpc) is 3.45. The summed E-state index contributed by atoms with van der Waals surface area (Å²) in [7, 11) is 0. The van der Waals surface area contributed by atoms with Crippen LogP contribution in [0.3, 0.4) is 0 Å². The molecule has 5 rings (SSSR count). The summed E-state index contributed by atoms with van der Waals surface area (Å²) in [6.45, 7) is 7.69. The summed E-state index contributed by atoms with van der Waals surface area (Å²) < 4.78 is 2.94. The molecule has 3 aromatic rings. The Labute approximate surface area is 176 Å². The van der Waals surface area contributed by atoms with Crippen molar-refractivity contribution in [3.63, 3.8) is 0 Å². The predicted octanol–water partition coefficient (Wildman–Crippen LogP) is 2.14. The summed E-state index contributed by atoms with van der Waals surface area (Å²) in [5, 5.41) is 7.57. The Morgan fingerprint density at radius 2 is 1.93 bits per heavy atom. The van der Waals surface area contributed by atoms with Crippen LogP contribution in [0, 0.1) is 13.8 Å². The fourth-order valence-electron chi connectivity index (χ4n) is 4.58. The van der Waals surface area contributed by atoms with Gasteiger partial charge in [0.2, 0.25) is 0 Å². The number of aryl methyl sites for hydroxylation is 2. The molecule has 3 aromatic heterocycles. The number of fused-ring (bicyclic) bond motifs is 2. The molecule has 1 saturated heterocycles. The Morgan fingerprint density at radius 1 is 1.10 bits per heavy atom. The summed E-state index contributed by atoms with van der Waals surface area (Å²) in [4.78, 5) is 34.9. The minimum absolute atomic E-state index is 0.140. The number of rotatable bonds is 4. The Hall–Kier alpha value is -2.10. The van der Waals surface area contributed by atoms with Gasteiger partial charge in [-0.25, -0.2) is 9.67 Å². The molecule has 0 aromatic carbocycles. The maximum Gasteiger partial charge on any atom is 0.332 e. The van der Waals surface area contributed by atoms with E-state index in [0.29, 0.717) is 6.54 Å². The van der Waals surface area contributed by atoms with Crippen LogP contribution < -0.4 is 11.1 Å². The third-order valence-corrected chi connectivity index (χ3v) is 7.82. The highest BCUT2D eigenvalue weighted by Gasteiger charge is 2.47. The summed E-state index contributed by atoms with van der Waals surface area (Å²) in [5.41, 5.74) is -0.370.